The van der Waals surface area contributed by atoms with Crippen molar-refractivity contribution in [2.75, 3.05) is 5.32 Å². The maximum atomic E-state index is 14.0. The standard InChI is InChI=1S/C25H23FN2O3/c1-14-4-2-7-19(10-14)27-21(29)13-20(15-5-3-6-18(26)12-15)28-24(30)22-16-8-9-17(11-16)23(22)25(28)31/h2-10,12,16-17,20,22-23H,11,13H2,1H3,(H,27,29). The molecule has 1 saturated carbocycles. The largest absolute Gasteiger partial charge is 0.326 e. The molecule has 0 spiro atoms. The Kier molecular flexibility index (Phi) is 4.73. The number of hydrogen-bond donors (Lipinski definition) is 1. The molecule has 5 rings (SSSR count). The van der Waals surface area contributed by atoms with Gasteiger partial charge in [0.15, 0.2) is 0 Å². The van der Waals surface area contributed by atoms with E-state index in [9.17, 15) is 18.8 Å². The molecule has 5 unspecified atom stereocenters. The molecule has 6 heteroatoms. The molecule has 2 aliphatic carbocycles. The summed E-state index contributed by atoms with van der Waals surface area (Å²) in [5, 5.41) is 2.84. The highest BCUT2D eigenvalue weighted by Gasteiger charge is 2.60. The van der Waals surface area contributed by atoms with Crippen LogP contribution in [0.3, 0.4) is 0 Å². The topological polar surface area (TPSA) is 66.5 Å². The number of likely N-dealkylation sites (tertiary alicyclic amines) is 1. The van der Waals surface area contributed by atoms with E-state index in [2.05, 4.69) is 5.32 Å². The lowest BCUT2D eigenvalue weighted by atomic mass is 9.85. The monoisotopic (exact) mass is 418 g/mol. The summed E-state index contributed by atoms with van der Waals surface area (Å²) in [6.45, 7) is 1.92. The number of benzene rings is 2. The average molecular weight is 418 g/mol. The fourth-order valence-corrected chi connectivity index (χ4v) is 5.42. The molecule has 5 atom stereocenters. The molecule has 0 radical (unpaired) electrons. The van der Waals surface area contributed by atoms with E-state index in [0.29, 0.717) is 11.3 Å². The number of hydrogen-bond acceptors (Lipinski definition) is 3. The number of carbonyl (C=O) groups is 3. The second kappa shape index (κ2) is 7.45. The van der Waals surface area contributed by atoms with Crippen LogP contribution in [0.15, 0.2) is 60.7 Å². The van der Waals surface area contributed by atoms with E-state index >= 15 is 0 Å². The van der Waals surface area contributed by atoms with Crippen molar-refractivity contribution in [3.05, 3.63) is 77.6 Å². The lowest BCUT2D eigenvalue weighted by Gasteiger charge is -2.28. The van der Waals surface area contributed by atoms with Crippen molar-refractivity contribution in [1.29, 1.82) is 0 Å². The third-order valence-electron chi connectivity index (χ3n) is 6.73. The van der Waals surface area contributed by atoms with Gasteiger partial charge in [-0.2, -0.15) is 0 Å². The van der Waals surface area contributed by atoms with Crippen LogP contribution in [0.5, 0.6) is 0 Å². The van der Waals surface area contributed by atoms with Crippen LogP contribution in [0.25, 0.3) is 0 Å². The number of allylic oxidation sites excluding steroid dienone is 2. The zero-order valence-corrected chi connectivity index (χ0v) is 17.1. The van der Waals surface area contributed by atoms with Crippen molar-refractivity contribution in [2.24, 2.45) is 23.7 Å². The van der Waals surface area contributed by atoms with E-state index in [1.807, 2.05) is 37.3 Å². The minimum Gasteiger partial charge on any atom is -0.326 e. The SMILES string of the molecule is Cc1cccc(NC(=O)CC(c2cccc(F)c2)N2C(=O)C3C4C=CC(C4)C3C2=O)c1. The molecule has 5 nitrogen and oxygen atoms in total. The molecule has 3 amide bonds. The van der Waals surface area contributed by atoms with E-state index in [0.717, 1.165) is 12.0 Å². The summed E-state index contributed by atoms with van der Waals surface area (Å²) in [5.74, 6) is -1.87. The van der Waals surface area contributed by atoms with Gasteiger partial charge in [-0.1, -0.05) is 36.4 Å². The number of carbonyl (C=O) groups excluding carboxylic acids is 3. The van der Waals surface area contributed by atoms with Gasteiger partial charge in [0.25, 0.3) is 0 Å². The van der Waals surface area contributed by atoms with Gasteiger partial charge in [0.1, 0.15) is 5.82 Å². The van der Waals surface area contributed by atoms with Gasteiger partial charge in [-0.25, -0.2) is 4.39 Å². The Bertz CT molecular complexity index is 1080. The smallest absolute Gasteiger partial charge is 0.234 e. The lowest BCUT2D eigenvalue weighted by molar-refractivity contribution is -0.144. The minimum atomic E-state index is -0.842. The van der Waals surface area contributed by atoms with Crippen molar-refractivity contribution in [3.8, 4) is 0 Å². The van der Waals surface area contributed by atoms with Gasteiger partial charge in [-0.05, 0) is 60.6 Å². The zero-order chi connectivity index (χ0) is 21.7. The maximum absolute atomic E-state index is 14.0. The Morgan fingerprint density at radius 3 is 2.39 bits per heavy atom. The Morgan fingerprint density at radius 1 is 1.06 bits per heavy atom. The molecule has 2 bridgehead atoms. The Morgan fingerprint density at radius 2 is 1.74 bits per heavy atom. The first-order valence-electron chi connectivity index (χ1n) is 10.6. The highest BCUT2D eigenvalue weighted by atomic mass is 19.1. The summed E-state index contributed by atoms with van der Waals surface area (Å²) < 4.78 is 14.0. The molecule has 1 saturated heterocycles. The van der Waals surface area contributed by atoms with Crippen molar-refractivity contribution in [3.63, 3.8) is 0 Å². The molecule has 2 aromatic carbocycles. The van der Waals surface area contributed by atoms with Crippen LogP contribution >= 0.6 is 0 Å². The Labute approximate surface area is 179 Å². The molecular weight excluding hydrogens is 395 g/mol. The number of halogens is 1. The van der Waals surface area contributed by atoms with E-state index in [4.69, 9.17) is 0 Å². The minimum absolute atomic E-state index is 0.0747. The second-order valence-electron chi connectivity index (χ2n) is 8.74. The van der Waals surface area contributed by atoms with Crippen molar-refractivity contribution in [2.45, 2.75) is 25.8 Å². The fraction of sp³-hybridized carbons (Fsp3) is 0.320. The number of imide groups is 1. The number of fused-ring (bicyclic) bond motifs is 5. The van der Waals surface area contributed by atoms with E-state index in [-0.39, 0.29) is 47.8 Å². The Balaban J connectivity index is 1.45. The van der Waals surface area contributed by atoms with E-state index in [1.54, 1.807) is 12.1 Å². The van der Waals surface area contributed by atoms with E-state index in [1.165, 1.54) is 23.1 Å². The van der Waals surface area contributed by atoms with Crippen LogP contribution < -0.4 is 5.32 Å². The molecule has 1 heterocycles. The molecule has 1 N–H and O–H groups in total. The van der Waals surface area contributed by atoms with Crippen molar-refractivity contribution >= 4 is 23.4 Å². The normalized spacial score (nSPS) is 27.0. The number of nitrogens with zero attached hydrogens (tertiary/aromatic N) is 1. The second-order valence-corrected chi connectivity index (χ2v) is 8.74. The van der Waals surface area contributed by atoms with Gasteiger partial charge in [-0.15, -0.1) is 0 Å². The summed E-state index contributed by atoms with van der Waals surface area (Å²) in [6, 6.07) is 12.3. The molecule has 31 heavy (non-hydrogen) atoms. The maximum Gasteiger partial charge on any atom is 0.234 e. The quantitative estimate of drug-likeness (QED) is 0.589. The summed E-state index contributed by atoms with van der Waals surface area (Å²) in [6.07, 6.45) is 4.76. The first kappa shape index (κ1) is 19.7. The number of aryl methyl sites for hydroxylation is 1. The summed E-state index contributed by atoms with van der Waals surface area (Å²) >= 11 is 0. The molecule has 0 aromatic heterocycles. The molecule has 2 fully saturated rings. The average Bonchev–Trinajstić information content (AvgIpc) is 3.40. The Hall–Kier alpha value is -3.28. The lowest BCUT2D eigenvalue weighted by Crippen LogP contribution is -2.38. The number of rotatable bonds is 5. The van der Waals surface area contributed by atoms with Crippen LogP contribution in [0.1, 0.15) is 30.0 Å². The van der Waals surface area contributed by atoms with Gasteiger partial charge in [0.2, 0.25) is 17.7 Å². The summed E-state index contributed by atoms with van der Waals surface area (Å²) in [4.78, 5) is 40.7. The van der Waals surface area contributed by atoms with Crippen LogP contribution in [-0.2, 0) is 14.4 Å². The first-order chi connectivity index (χ1) is 14.9. The molecular formula is C25H23FN2O3. The van der Waals surface area contributed by atoms with Crippen LogP contribution in [0, 0.1) is 36.4 Å². The molecule has 158 valence electrons. The number of anilines is 1. The predicted molar refractivity (Wildman–Crippen MR) is 113 cm³/mol. The third kappa shape index (κ3) is 3.36. The van der Waals surface area contributed by atoms with Crippen LogP contribution in [0.2, 0.25) is 0 Å². The first-order valence-corrected chi connectivity index (χ1v) is 10.6. The van der Waals surface area contributed by atoms with Crippen molar-refractivity contribution < 1.29 is 18.8 Å². The summed E-state index contributed by atoms with van der Waals surface area (Å²) in [7, 11) is 0. The van der Waals surface area contributed by atoms with Gasteiger partial charge < -0.3 is 5.32 Å². The van der Waals surface area contributed by atoms with Crippen LogP contribution in [0.4, 0.5) is 10.1 Å². The fourth-order valence-electron chi connectivity index (χ4n) is 5.42. The van der Waals surface area contributed by atoms with Crippen molar-refractivity contribution in [1.82, 2.24) is 4.90 Å². The molecule has 2 aromatic rings. The van der Waals surface area contributed by atoms with Gasteiger partial charge >= 0.3 is 0 Å². The zero-order valence-electron chi connectivity index (χ0n) is 17.1. The number of amides is 3. The highest BCUT2D eigenvalue weighted by Crippen LogP contribution is 2.54. The third-order valence-corrected chi connectivity index (χ3v) is 6.73. The number of nitrogens with one attached hydrogen (secondary N) is 1. The highest BCUT2D eigenvalue weighted by molar-refractivity contribution is 6.07. The predicted octanol–water partition coefficient (Wildman–Crippen LogP) is 4.01. The van der Waals surface area contributed by atoms with E-state index < -0.39 is 11.9 Å². The summed E-state index contributed by atoms with van der Waals surface area (Å²) in [5.41, 5.74) is 2.09. The van der Waals surface area contributed by atoms with Gasteiger partial charge in [0.05, 0.1) is 24.3 Å². The van der Waals surface area contributed by atoms with Gasteiger partial charge in [0, 0.05) is 5.69 Å². The van der Waals surface area contributed by atoms with Gasteiger partial charge in [-0.3, -0.25) is 19.3 Å². The van der Waals surface area contributed by atoms with Crippen LogP contribution in [-0.4, -0.2) is 22.6 Å². The molecule has 3 aliphatic rings. The molecule has 1 aliphatic heterocycles.